The zero-order valence-electron chi connectivity index (χ0n) is 8.34. The van der Waals surface area contributed by atoms with E-state index in [2.05, 4.69) is 0 Å². The third kappa shape index (κ3) is 2.91. The molecule has 0 fully saturated rings. The summed E-state index contributed by atoms with van der Waals surface area (Å²) >= 11 is 1.41. The molecule has 6 heteroatoms. The summed E-state index contributed by atoms with van der Waals surface area (Å²) in [6.07, 6.45) is -2.84. The van der Waals surface area contributed by atoms with Gasteiger partial charge >= 0.3 is 12.1 Å². The van der Waals surface area contributed by atoms with Gasteiger partial charge in [0.1, 0.15) is 0 Å². The Morgan fingerprint density at radius 1 is 1.44 bits per heavy atom. The van der Waals surface area contributed by atoms with E-state index in [1.807, 2.05) is 0 Å². The van der Waals surface area contributed by atoms with Crippen molar-refractivity contribution in [2.24, 2.45) is 0 Å². The lowest BCUT2D eigenvalue weighted by atomic mass is 10.0. The molecule has 1 rings (SSSR count). The maximum Gasteiger partial charge on any atom is 0.417 e. The molecule has 0 bridgehead atoms. The van der Waals surface area contributed by atoms with E-state index in [0.29, 0.717) is 11.3 Å². The molecule has 0 heterocycles. The van der Waals surface area contributed by atoms with Gasteiger partial charge in [0, 0.05) is 5.75 Å². The van der Waals surface area contributed by atoms with Gasteiger partial charge in [0.2, 0.25) is 0 Å². The molecule has 2 nitrogen and oxygen atoms in total. The van der Waals surface area contributed by atoms with Crippen molar-refractivity contribution in [2.75, 3.05) is 6.26 Å². The van der Waals surface area contributed by atoms with Crippen molar-refractivity contribution >= 4 is 17.7 Å². The number of alkyl halides is 3. The Morgan fingerprint density at radius 3 is 2.50 bits per heavy atom. The van der Waals surface area contributed by atoms with Gasteiger partial charge in [-0.1, -0.05) is 6.07 Å². The highest BCUT2D eigenvalue weighted by atomic mass is 32.2. The molecule has 1 aromatic rings. The van der Waals surface area contributed by atoms with Crippen molar-refractivity contribution in [3.8, 4) is 0 Å². The first-order valence-corrected chi connectivity index (χ1v) is 5.68. The van der Waals surface area contributed by atoms with Gasteiger partial charge in [-0.2, -0.15) is 24.9 Å². The quantitative estimate of drug-likeness (QED) is 0.894. The van der Waals surface area contributed by atoms with E-state index >= 15 is 0 Å². The Hall–Kier alpha value is -1.17. The molecule has 0 atom stereocenters. The standard InChI is InChI=1S/C10H9F3O2S/c1-16-5-6-2-3-8(10(11,12)13)7(4-6)9(14)15/h2-4H,5H2,1H3,(H,14,15). The maximum atomic E-state index is 12.5. The van der Waals surface area contributed by atoms with E-state index in [0.717, 1.165) is 12.1 Å². The van der Waals surface area contributed by atoms with E-state index in [1.54, 1.807) is 6.26 Å². The summed E-state index contributed by atoms with van der Waals surface area (Å²) in [7, 11) is 0. The minimum absolute atomic E-state index is 0.485. The normalized spacial score (nSPS) is 11.5. The number of aromatic carboxylic acids is 1. The van der Waals surface area contributed by atoms with Crippen molar-refractivity contribution in [1.29, 1.82) is 0 Å². The molecule has 0 aromatic heterocycles. The van der Waals surface area contributed by atoms with Crippen LogP contribution in [0.5, 0.6) is 0 Å². The minimum atomic E-state index is -4.63. The molecular formula is C10H9F3O2S. The molecule has 0 saturated heterocycles. The zero-order valence-corrected chi connectivity index (χ0v) is 9.15. The van der Waals surface area contributed by atoms with Crippen LogP contribution < -0.4 is 0 Å². The van der Waals surface area contributed by atoms with Gasteiger partial charge in [0.15, 0.2) is 0 Å². The number of benzene rings is 1. The van der Waals surface area contributed by atoms with Crippen LogP contribution in [0.3, 0.4) is 0 Å². The summed E-state index contributed by atoms with van der Waals surface area (Å²) in [5, 5.41) is 8.71. The molecule has 0 spiro atoms. The average Bonchev–Trinajstić information content (AvgIpc) is 2.16. The second-order valence-electron chi connectivity index (χ2n) is 3.12. The van der Waals surface area contributed by atoms with Crippen LogP contribution in [0.25, 0.3) is 0 Å². The highest BCUT2D eigenvalue weighted by Crippen LogP contribution is 2.32. The summed E-state index contributed by atoms with van der Waals surface area (Å²) in [5.74, 6) is -1.08. The van der Waals surface area contributed by atoms with E-state index in [9.17, 15) is 18.0 Å². The number of hydrogen-bond acceptors (Lipinski definition) is 2. The molecular weight excluding hydrogens is 241 g/mol. The third-order valence-corrected chi connectivity index (χ3v) is 2.55. The number of halogens is 3. The van der Waals surface area contributed by atoms with E-state index in [-0.39, 0.29) is 0 Å². The van der Waals surface area contributed by atoms with E-state index in [4.69, 9.17) is 5.11 Å². The largest absolute Gasteiger partial charge is 0.478 e. The number of hydrogen-bond donors (Lipinski definition) is 1. The van der Waals surface area contributed by atoms with E-state index in [1.165, 1.54) is 17.8 Å². The first kappa shape index (κ1) is 12.9. The van der Waals surface area contributed by atoms with Crippen LogP contribution in [0.15, 0.2) is 18.2 Å². The first-order chi connectivity index (χ1) is 7.36. The summed E-state index contributed by atoms with van der Waals surface area (Å²) in [5.41, 5.74) is -1.23. The van der Waals surface area contributed by atoms with Crippen LogP contribution >= 0.6 is 11.8 Å². The zero-order chi connectivity index (χ0) is 12.3. The van der Waals surface area contributed by atoms with Gasteiger partial charge in [-0.3, -0.25) is 0 Å². The smallest absolute Gasteiger partial charge is 0.417 e. The van der Waals surface area contributed by atoms with Crippen LogP contribution in [-0.2, 0) is 11.9 Å². The Morgan fingerprint density at radius 2 is 2.06 bits per heavy atom. The van der Waals surface area contributed by atoms with Crippen LogP contribution in [0.2, 0.25) is 0 Å². The Bertz CT molecular complexity index is 402. The predicted octanol–water partition coefficient (Wildman–Crippen LogP) is 3.27. The summed E-state index contributed by atoms with van der Waals surface area (Å²) in [6, 6.07) is 3.18. The Kier molecular flexibility index (Phi) is 3.85. The van der Waals surface area contributed by atoms with Crippen LogP contribution in [-0.4, -0.2) is 17.3 Å². The van der Waals surface area contributed by atoms with Crippen LogP contribution in [0, 0.1) is 0 Å². The van der Waals surface area contributed by atoms with Gasteiger partial charge in [-0.25, -0.2) is 4.79 Å². The van der Waals surface area contributed by atoms with Gasteiger partial charge < -0.3 is 5.11 Å². The van der Waals surface area contributed by atoms with Gasteiger partial charge in [0.05, 0.1) is 11.1 Å². The molecule has 1 aromatic carbocycles. The molecule has 0 aliphatic heterocycles. The average molecular weight is 250 g/mol. The first-order valence-electron chi connectivity index (χ1n) is 4.28. The molecule has 0 radical (unpaired) electrons. The topological polar surface area (TPSA) is 37.3 Å². The fourth-order valence-corrected chi connectivity index (χ4v) is 1.78. The molecule has 0 aliphatic carbocycles. The van der Waals surface area contributed by atoms with Gasteiger partial charge in [-0.15, -0.1) is 0 Å². The molecule has 0 unspecified atom stereocenters. The SMILES string of the molecule is CSCc1ccc(C(F)(F)F)c(C(=O)O)c1. The summed E-state index contributed by atoms with van der Waals surface area (Å²) < 4.78 is 37.4. The van der Waals surface area contributed by atoms with Crippen molar-refractivity contribution in [3.05, 3.63) is 34.9 Å². The lowest BCUT2D eigenvalue weighted by Gasteiger charge is -2.11. The second kappa shape index (κ2) is 4.78. The number of rotatable bonds is 3. The number of carboxylic acids is 1. The third-order valence-electron chi connectivity index (χ3n) is 1.93. The Balaban J connectivity index is 3.25. The molecule has 0 saturated carbocycles. The monoisotopic (exact) mass is 250 g/mol. The molecule has 16 heavy (non-hydrogen) atoms. The van der Waals surface area contributed by atoms with Crippen molar-refractivity contribution in [3.63, 3.8) is 0 Å². The van der Waals surface area contributed by atoms with Gasteiger partial charge in [0.25, 0.3) is 0 Å². The van der Waals surface area contributed by atoms with Crippen LogP contribution in [0.1, 0.15) is 21.5 Å². The molecule has 1 N–H and O–H groups in total. The fourth-order valence-electron chi connectivity index (χ4n) is 1.27. The number of thioether (sulfide) groups is 1. The van der Waals surface area contributed by atoms with Crippen molar-refractivity contribution < 1.29 is 23.1 Å². The van der Waals surface area contributed by atoms with Crippen molar-refractivity contribution in [2.45, 2.75) is 11.9 Å². The summed E-state index contributed by atoms with van der Waals surface area (Å²) in [4.78, 5) is 10.7. The Labute approximate surface area is 94.5 Å². The van der Waals surface area contributed by atoms with Crippen molar-refractivity contribution in [1.82, 2.24) is 0 Å². The fraction of sp³-hybridized carbons (Fsp3) is 0.300. The maximum absolute atomic E-state index is 12.5. The second-order valence-corrected chi connectivity index (χ2v) is 3.98. The lowest BCUT2D eigenvalue weighted by molar-refractivity contribution is -0.138. The molecule has 88 valence electrons. The molecule has 0 aliphatic rings. The lowest BCUT2D eigenvalue weighted by Crippen LogP contribution is -2.13. The summed E-state index contributed by atoms with van der Waals surface area (Å²) in [6.45, 7) is 0. The van der Waals surface area contributed by atoms with E-state index < -0.39 is 23.3 Å². The highest BCUT2D eigenvalue weighted by molar-refractivity contribution is 7.97. The highest BCUT2D eigenvalue weighted by Gasteiger charge is 2.35. The minimum Gasteiger partial charge on any atom is -0.478 e. The number of carbonyl (C=O) groups is 1. The van der Waals surface area contributed by atoms with Crippen LogP contribution in [0.4, 0.5) is 13.2 Å². The molecule has 0 amide bonds. The number of carboxylic acid groups (broad SMARTS) is 1. The van der Waals surface area contributed by atoms with Gasteiger partial charge in [-0.05, 0) is 24.0 Å². The predicted molar refractivity (Wildman–Crippen MR) is 55.6 cm³/mol.